The van der Waals surface area contributed by atoms with Gasteiger partial charge >= 0.3 is 6.03 Å². The van der Waals surface area contributed by atoms with Crippen LogP contribution in [0.4, 0.5) is 25.0 Å². The fraction of sp³-hybridized carbons (Fsp3) is 0.0800. The number of carbonyl (C=O) groups is 1. The second kappa shape index (κ2) is 9.53. The number of hydrogen-bond acceptors (Lipinski definition) is 4. The fourth-order valence-corrected chi connectivity index (χ4v) is 3.40. The molecule has 0 atom stereocenters. The number of carbonyl (C=O) groups excluding carboxylic acids is 1. The van der Waals surface area contributed by atoms with Crippen molar-refractivity contribution in [3.8, 4) is 22.4 Å². The number of anilines is 2. The summed E-state index contributed by atoms with van der Waals surface area (Å²) in [7, 11) is 0. The molecule has 0 fully saturated rings. The average Bonchev–Trinajstić information content (AvgIpc) is 3.26. The summed E-state index contributed by atoms with van der Waals surface area (Å²) >= 11 is 0. The van der Waals surface area contributed by atoms with Gasteiger partial charge in [-0.15, -0.1) is 0 Å². The summed E-state index contributed by atoms with van der Waals surface area (Å²) < 4.78 is 30.3. The molecule has 0 radical (unpaired) electrons. The Labute approximate surface area is 194 Å². The number of hydrogen-bond donors (Lipinski definition) is 3. The SMILES string of the molecule is C=C(N)c1cc(-c2nn(CC)cc2-c2cccc(NC(=O)Nc3ccc(F)cc3)c2F)ccn1. The van der Waals surface area contributed by atoms with E-state index in [4.69, 9.17) is 5.73 Å². The molecule has 0 saturated heterocycles. The third kappa shape index (κ3) is 4.78. The van der Waals surface area contributed by atoms with E-state index in [1.165, 1.54) is 30.3 Å². The highest BCUT2D eigenvalue weighted by atomic mass is 19.1. The third-order valence-electron chi connectivity index (χ3n) is 5.09. The Hall–Kier alpha value is -4.53. The van der Waals surface area contributed by atoms with Gasteiger partial charge in [0, 0.05) is 41.3 Å². The van der Waals surface area contributed by atoms with Gasteiger partial charge in [0.05, 0.1) is 17.1 Å². The highest BCUT2D eigenvalue weighted by Gasteiger charge is 2.19. The molecule has 4 N–H and O–H groups in total. The summed E-state index contributed by atoms with van der Waals surface area (Å²) in [6.45, 7) is 6.22. The van der Waals surface area contributed by atoms with Gasteiger partial charge in [-0.3, -0.25) is 9.67 Å². The van der Waals surface area contributed by atoms with Crippen LogP contribution in [0.3, 0.4) is 0 Å². The van der Waals surface area contributed by atoms with Gasteiger partial charge in [-0.2, -0.15) is 5.10 Å². The van der Waals surface area contributed by atoms with Gasteiger partial charge in [0.25, 0.3) is 0 Å². The maximum atomic E-state index is 15.6. The van der Waals surface area contributed by atoms with Gasteiger partial charge in [-0.25, -0.2) is 13.6 Å². The van der Waals surface area contributed by atoms with Crippen molar-refractivity contribution in [2.45, 2.75) is 13.5 Å². The largest absolute Gasteiger partial charge is 0.397 e. The van der Waals surface area contributed by atoms with Crippen molar-refractivity contribution >= 4 is 23.1 Å². The number of nitrogens with two attached hydrogens (primary N) is 1. The topological polar surface area (TPSA) is 97.9 Å². The fourth-order valence-electron chi connectivity index (χ4n) is 3.40. The minimum atomic E-state index is -0.660. The second-order valence-electron chi connectivity index (χ2n) is 7.46. The number of amides is 2. The zero-order valence-electron chi connectivity index (χ0n) is 18.3. The molecule has 172 valence electrons. The number of pyridine rings is 1. The van der Waals surface area contributed by atoms with E-state index < -0.39 is 17.7 Å². The zero-order chi connectivity index (χ0) is 24.2. The lowest BCUT2D eigenvalue weighted by molar-refractivity contribution is 0.262. The van der Waals surface area contributed by atoms with Crippen LogP contribution in [0.25, 0.3) is 28.1 Å². The molecule has 34 heavy (non-hydrogen) atoms. The lowest BCUT2D eigenvalue weighted by Gasteiger charge is -2.11. The number of halogens is 2. The number of benzene rings is 2. The van der Waals surface area contributed by atoms with Gasteiger partial charge in [-0.05, 0) is 49.4 Å². The Morgan fingerprint density at radius 1 is 1.09 bits per heavy atom. The first kappa shape index (κ1) is 22.7. The zero-order valence-corrected chi connectivity index (χ0v) is 18.3. The molecule has 0 unspecified atom stereocenters. The monoisotopic (exact) mass is 460 g/mol. The van der Waals surface area contributed by atoms with Crippen LogP contribution < -0.4 is 16.4 Å². The number of rotatable bonds is 6. The minimum absolute atomic E-state index is 0.0157. The Morgan fingerprint density at radius 2 is 1.85 bits per heavy atom. The quantitative estimate of drug-likeness (QED) is 0.355. The molecule has 2 amide bonds. The smallest absolute Gasteiger partial charge is 0.323 e. The van der Waals surface area contributed by atoms with Crippen molar-refractivity contribution < 1.29 is 13.6 Å². The molecule has 2 aromatic heterocycles. The molecular formula is C25H22F2N6O. The summed E-state index contributed by atoms with van der Waals surface area (Å²) in [5.74, 6) is -1.04. The van der Waals surface area contributed by atoms with Crippen LogP contribution in [0.1, 0.15) is 12.6 Å². The maximum absolute atomic E-state index is 15.6. The van der Waals surface area contributed by atoms with Crippen LogP contribution in [0.2, 0.25) is 0 Å². The molecule has 0 aliphatic rings. The number of nitrogens with one attached hydrogen (secondary N) is 2. The molecule has 2 aromatic carbocycles. The van der Waals surface area contributed by atoms with Crippen molar-refractivity contribution in [1.29, 1.82) is 0 Å². The van der Waals surface area contributed by atoms with Gasteiger partial charge in [0.2, 0.25) is 0 Å². The first-order valence-electron chi connectivity index (χ1n) is 10.5. The Bertz CT molecular complexity index is 1360. The van der Waals surface area contributed by atoms with Crippen molar-refractivity contribution in [2.75, 3.05) is 10.6 Å². The molecule has 0 bridgehead atoms. The van der Waals surface area contributed by atoms with Crippen molar-refractivity contribution in [3.05, 3.63) is 90.9 Å². The Morgan fingerprint density at radius 3 is 2.56 bits per heavy atom. The Balaban J connectivity index is 1.68. The molecule has 0 saturated carbocycles. The van der Waals surface area contributed by atoms with E-state index in [0.29, 0.717) is 40.4 Å². The van der Waals surface area contributed by atoms with Gasteiger partial charge in [-0.1, -0.05) is 18.7 Å². The summed E-state index contributed by atoms with van der Waals surface area (Å²) in [6.07, 6.45) is 3.33. The number of aryl methyl sites for hydroxylation is 1. The van der Waals surface area contributed by atoms with Crippen LogP contribution in [-0.2, 0) is 6.54 Å². The molecule has 0 spiro atoms. The van der Waals surface area contributed by atoms with E-state index in [-0.39, 0.29) is 11.3 Å². The number of aromatic nitrogens is 3. The first-order chi connectivity index (χ1) is 16.4. The van der Waals surface area contributed by atoms with Crippen molar-refractivity contribution in [1.82, 2.24) is 14.8 Å². The van der Waals surface area contributed by atoms with Crippen LogP contribution in [-0.4, -0.2) is 20.8 Å². The maximum Gasteiger partial charge on any atom is 0.323 e. The lowest BCUT2D eigenvalue weighted by Crippen LogP contribution is -2.20. The summed E-state index contributed by atoms with van der Waals surface area (Å²) in [5, 5.41) is 9.64. The van der Waals surface area contributed by atoms with E-state index in [1.54, 1.807) is 41.3 Å². The summed E-state index contributed by atoms with van der Waals surface area (Å²) in [6, 6.07) is 12.8. The van der Waals surface area contributed by atoms with Gasteiger partial charge in [0.15, 0.2) is 5.82 Å². The standard InChI is InChI=1S/C25H22F2N6O/c1-3-33-14-20(24(32-33)16-11-12-29-22(13-16)15(2)28)19-5-4-6-21(23(19)27)31-25(34)30-18-9-7-17(26)8-10-18/h4-14H,2-3,28H2,1H3,(H2,30,31,34). The number of nitrogens with zero attached hydrogens (tertiary/aromatic N) is 3. The van der Waals surface area contributed by atoms with E-state index in [1.807, 2.05) is 6.92 Å². The van der Waals surface area contributed by atoms with Crippen molar-refractivity contribution in [3.63, 3.8) is 0 Å². The molecule has 4 rings (SSSR count). The normalized spacial score (nSPS) is 10.7. The predicted molar refractivity (Wildman–Crippen MR) is 129 cm³/mol. The highest BCUT2D eigenvalue weighted by Crippen LogP contribution is 2.35. The van der Waals surface area contributed by atoms with Crippen LogP contribution >= 0.6 is 0 Å². The van der Waals surface area contributed by atoms with Crippen LogP contribution in [0.15, 0.2) is 73.6 Å². The molecule has 2 heterocycles. The predicted octanol–water partition coefficient (Wildman–Crippen LogP) is 5.48. The highest BCUT2D eigenvalue weighted by molar-refractivity contribution is 6.00. The summed E-state index contributed by atoms with van der Waals surface area (Å²) in [5.41, 5.74) is 9.00. The van der Waals surface area contributed by atoms with Gasteiger partial charge in [0.1, 0.15) is 11.5 Å². The second-order valence-corrected chi connectivity index (χ2v) is 7.46. The molecular weight excluding hydrogens is 438 g/mol. The summed E-state index contributed by atoms with van der Waals surface area (Å²) in [4.78, 5) is 16.6. The molecule has 9 heteroatoms. The van der Waals surface area contributed by atoms with Gasteiger partial charge < -0.3 is 16.4 Å². The molecule has 0 aliphatic carbocycles. The first-order valence-corrected chi connectivity index (χ1v) is 10.5. The van der Waals surface area contributed by atoms with E-state index in [9.17, 15) is 9.18 Å². The molecule has 7 nitrogen and oxygen atoms in total. The van der Waals surface area contributed by atoms with E-state index in [0.717, 1.165) is 0 Å². The lowest BCUT2D eigenvalue weighted by atomic mass is 10.0. The van der Waals surface area contributed by atoms with Crippen molar-refractivity contribution in [2.24, 2.45) is 5.73 Å². The minimum Gasteiger partial charge on any atom is -0.397 e. The van der Waals surface area contributed by atoms with E-state index in [2.05, 4.69) is 27.3 Å². The third-order valence-corrected chi connectivity index (χ3v) is 5.09. The van der Waals surface area contributed by atoms with Crippen LogP contribution in [0.5, 0.6) is 0 Å². The van der Waals surface area contributed by atoms with Crippen LogP contribution in [0, 0.1) is 11.6 Å². The Kier molecular flexibility index (Phi) is 6.35. The van der Waals surface area contributed by atoms with E-state index >= 15 is 4.39 Å². The average molecular weight is 460 g/mol. The molecule has 0 aliphatic heterocycles. The number of urea groups is 1. The molecule has 4 aromatic rings.